The SMILES string of the molecule is C=CC.C=CC.CC.Cn1c2ccc3ccccc3c2c2ccc3ccccc3c21. The first-order chi connectivity index (χ1) is 14.7. The molecule has 5 rings (SSSR count). The molecule has 0 bridgehead atoms. The smallest absolute Gasteiger partial charge is 0.0568 e. The van der Waals surface area contributed by atoms with Gasteiger partial charge in [0.1, 0.15) is 0 Å². The van der Waals surface area contributed by atoms with Crippen molar-refractivity contribution >= 4 is 43.4 Å². The molecule has 0 aliphatic rings. The maximum atomic E-state index is 3.36. The predicted octanol–water partition coefficient (Wildman–Crippen LogP) is 9.05. The lowest BCUT2D eigenvalue weighted by Crippen LogP contribution is -1.87. The van der Waals surface area contributed by atoms with Gasteiger partial charge in [-0.3, -0.25) is 0 Å². The molecule has 0 atom stereocenters. The fraction of sp³-hybridized carbons (Fsp3) is 0.172. The van der Waals surface area contributed by atoms with Crippen LogP contribution in [0.25, 0.3) is 43.4 Å². The maximum Gasteiger partial charge on any atom is 0.0568 e. The number of aryl methyl sites for hydroxylation is 1. The molecule has 5 aromatic rings. The number of rotatable bonds is 0. The van der Waals surface area contributed by atoms with Gasteiger partial charge in [0.15, 0.2) is 0 Å². The van der Waals surface area contributed by atoms with Crippen molar-refractivity contribution in [2.24, 2.45) is 7.05 Å². The molecular weight excluding hydrogens is 362 g/mol. The predicted molar refractivity (Wildman–Crippen MR) is 139 cm³/mol. The van der Waals surface area contributed by atoms with Gasteiger partial charge < -0.3 is 4.57 Å². The zero-order valence-corrected chi connectivity index (χ0v) is 18.9. The van der Waals surface area contributed by atoms with E-state index in [1.807, 2.05) is 27.7 Å². The van der Waals surface area contributed by atoms with Gasteiger partial charge in [-0.25, -0.2) is 0 Å². The number of hydrogen-bond acceptors (Lipinski definition) is 0. The Morgan fingerprint density at radius 2 is 1.10 bits per heavy atom. The maximum absolute atomic E-state index is 3.36. The van der Waals surface area contributed by atoms with Crippen LogP contribution in [0.4, 0.5) is 0 Å². The Hall–Kier alpha value is -3.32. The molecule has 1 heteroatoms. The Labute approximate surface area is 180 Å². The second kappa shape index (κ2) is 11.0. The summed E-state index contributed by atoms with van der Waals surface area (Å²) in [6, 6.07) is 26.3. The van der Waals surface area contributed by atoms with Crippen LogP contribution in [0.3, 0.4) is 0 Å². The Morgan fingerprint density at radius 1 is 0.633 bits per heavy atom. The molecule has 1 nitrogen and oxygen atoms in total. The third-order valence-electron chi connectivity index (χ3n) is 4.77. The topological polar surface area (TPSA) is 4.93 Å². The van der Waals surface area contributed by atoms with Crippen LogP contribution in [-0.4, -0.2) is 4.57 Å². The van der Waals surface area contributed by atoms with E-state index in [0.29, 0.717) is 0 Å². The average Bonchev–Trinajstić information content (AvgIpc) is 3.09. The Kier molecular flexibility index (Phi) is 8.43. The number of hydrogen-bond donors (Lipinski definition) is 0. The van der Waals surface area contributed by atoms with Crippen LogP contribution < -0.4 is 0 Å². The van der Waals surface area contributed by atoms with E-state index >= 15 is 0 Å². The van der Waals surface area contributed by atoms with Crippen LogP contribution in [0, 0.1) is 0 Å². The summed E-state index contributed by atoms with van der Waals surface area (Å²) in [5.74, 6) is 0. The highest BCUT2D eigenvalue weighted by atomic mass is 14.9. The van der Waals surface area contributed by atoms with Crippen LogP contribution >= 0.6 is 0 Å². The van der Waals surface area contributed by atoms with Crippen LogP contribution in [0.2, 0.25) is 0 Å². The molecule has 0 aliphatic heterocycles. The minimum absolute atomic E-state index is 1.30. The van der Waals surface area contributed by atoms with Gasteiger partial charge in [-0.2, -0.15) is 0 Å². The third kappa shape index (κ3) is 4.31. The second-order valence-electron chi connectivity index (χ2n) is 6.74. The van der Waals surface area contributed by atoms with E-state index in [4.69, 9.17) is 0 Å². The summed E-state index contributed by atoms with van der Waals surface area (Å²) in [7, 11) is 2.17. The van der Waals surface area contributed by atoms with Gasteiger partial charge >= 0.3 is 0 Å². The van der Waals surface area contributed by atoms with Crippen molar-refractivity contribution < 1.29 is 0 Å². The lowest BCUT2D eigenvalue weighted by Gasteiger charge is -2.02. The van der Waals surface area contributed by atoms with Gasteiger partial charge in [0.2, 0.25) is 0 Å². The van der Waals surface area contributed by atoms with Crippen molar-refractivity contribution in [3.05, 3.63) is 98.1 Å². The zero-order chi connectivity index (χ0) is 22.1. The normalized spacial score (nSPS) is 9.77. The van der Waals surface area contributed by atoms with Crippen LogP contribution in [0.15, 0.2) is 98.1 Å². The lowest BCUT2D eigenvalue weighted by atomic mass is 10.0. The summed E-state index contributed by atoms with van der Waals surface area (Å²) >= 11 is 0. The first-order valence-corrected chi connectivity index (χ1v) is 10.6. The molecule has 0 saturated heterocycles. The standard InChI is InChI=1S/C21H15N.2C3H6.C2H6/c1-22-19-13-11-14-6-2-4-8-16(14)20(19)18-12-10-15-7-3-5-9-17(15)21(18)22;2*1-3-2;1-2/h2-13H,1H3;2*3H,1H2,2H3;1-2H3. The van der Waals surface area contributed by atoms with Crippen molar-refractivity contribution in [2.75, 3.05) is 0 Å². The molecule has 0 N–H and O–H groups in total. The highest BCUT2D eigenvalue weighted by Crippen LogP contribution is 2.37. The molecule has 30 heavy (non-hydrogen) atoms. The van der Waals surface area contributed by atoms with Crippen LogP contribution in [0.1, 0.15) is 27.7 Å². The highest BCUT2D eigenvalue weighted by Gasteiger charge is 2.13. The summed E-state index contributed by atoms with van der Waals surface area (Å²) in [6.07, 6.45) is 3.50. The molecule has 1 heterocycles. The fourth-order valence-corrected chi connectivity index (χ4v) is 3.76. The molecule has 4 aromatic carbocycles. The summed E-state index contributed by atoms with van der Waals surface area (Å²) in [6.45, 7) is 14.5. The van der Waals surface area contributed by atoms with E-state index in [1.165, 1.54) is 43.4 Å². The largest absolute Gasteiger partial charge is 0.343 e. The molecule has 154 valence electrons. The average molecular weight is 396 g/mol. The first-order valence-electron chi connectivity index (χ1n) is 10.6. The van der Waals surface area contributed by atoms with Crippen LogP contribution in [-0.2, 0) is 7.05 Å². The van der Waals surface area contributed by atoms with Gasteiger partial charge in [0.25, 0.3) is 0 Å². The molecule has 0 saturated carbocycles. The van der Waals surface area contributed by atoms with Gasteiger partial charge in [-0.05, 0) is 36.1 Å². The Bertz CT molecular complexity index is 1270. The summed E-state index contributed by atoms with van der Waals surface area (Å²) in [5, 5.41) is 7.96. The molecule has 0 unspecified atom stereocenters. The second-order valence-corrected chi connectivity index (χ2v) is 6.74. The van der Waals surface area contributed by atoms with Crippen molar-refractivity contribution in [3.63, 3.8) is 0 Å². The summed E-state index contributed by atoms with van der Waals surface area (Å²) in [5.41, 5.74) is 2.62. The Balaban J connectivity index is 0.000000355. The van der Waals surface area contributed by atoms with E-state index in [0.717, 1.165) is 0 Å². The molecule has 0 fully saturated rings. The monoisotopic (exact) mass is 395 g/mol. The molecule has 0 aliphatic carbocycles. The molecule has 1 aromatic heterocycles. The van der Waals surface area contributed by atoms with Crippen molar-refractivity contribution in [3.8, 4) is 0 Å². The van der Waals surface area contributed by atoms with Crippen LogP contribution in [0.5, 0.6) is 0 Å². The molecule has 0 radical (unpaired) electrons. The van der Waals surface area contributed by atoms with Gasteiger partial charge in [0, 0.05) is 28.7 Å². The Morgan fingerprint density at radius 3 is 1.70 bits per heavy atom. The quantitative estimate of drug-likeness (QED) is 0.230. The number of nitrogens with zero attached hydrogens (tertiary/aromatic N) is 1. The minimum atomic E-state index is 1.30. The molecule has 0 amide bonds. The van der Waals surface area contributed by atoms with Crippen molar-refractivity contribution in [2.45, 2.75) is 27.7 Å². The van der Waals surface area contributed by atoms with E-state index in [-0.39, 0.29) is 0 Å². The lowest BCUT2D eigenvalue weighted by molar-refractivity contribution is 1.02. The fourth-order valence-electron chi connectivity index (χ4n) is 3.76. The molecule has 0 spiro atoms. The number of allylic oxidation sites excluding steroid dienone is 2. The van der Waals surface area contributed by atoms with E-state index in [9.17, 15) is 0 Å². The first kappa shape index (κ1) is 23.0. The van der Waals surface area contributed by atoms with Gasteiger partial charge in [0.05, 0.1) is 5.52 Å². The van der Waals surface area contributed by atoms with E-state index in [1.54, 1.807) is 12.2 Å². The van der Waals surface area contributed by atoms with Crippen molar-refractivity contribution in [1.29, 1.82) is 0 Å². The highest BCUT2D eigenvalue weighted by molar-refractivity contribution is 6.25. The van der Waals surface area contributed by atoms with Gasteiger partial charge in [-0.15, -0.1) is 13.2 Å². The third-order valence-corrected chi connectivity index (χ3v) is 4.77. The van der Waals surface area contributed by atoms with Crippen molar-refractivity contribution in [1.82, 2.24) is 4.57 Å². The number of fused-ring (bicyclic) bond motifs is 7. The minimum Gasteiger partial charge on any atom is -0.343 e. The van der Waals surface area contributed by atoms with E-state index < -0.39 is 0 Å². The summed E-state index contributed by atoms with van der Waals surface area (Å²) in [4.78, 5) is 0. The van der Waals surface area contributed by atoms with Gasteiger partial charge in [-0.1, -0.05) is 92.7 Å². The summed E-state index contributed by atoms with van der Waals surface area (Å²) < 4.78 is 2.33. The number of benzene rings is 4. The van der Waals surface area contributed by atoms with E-state index in [2.05, 4.69) is 97.6 Å². The zero-order valence-electron chi connectivity index (χ0n) is 18.9. The molecular formula is C29H33N. The number of aromatic nitrogens is 1.